The number of halogens is 3. The van der Waals surface area contributed by atoms with E-state index in [2.05, 4.69) is 13.9 Å². The third kappa shape index (κ3) is 1.75. The van der Waals surface area contributed by atoms with Crippen molar-refractivity contribution >= 4 is 9.05 Å². The van der Waals surface area contributed by atoms with Crippen LogP contribution in [0.4, 0.5) is 13.6 Å². The van der Waals surface area contributed by atoms with Gasteiger partial charge in [0.25, 0.3) is 0 Å². The van der Waals surface area contributed by atoms with Gasteiger partial charge in [0.05, 0.1) is 0 Å². The van der Waals surface area contributed by atoms with Gasteiger partial charge in [0.2, 0.25) is 0 Å². The molecule has 0 aromatic heterocycles. The lowest BCUT2D eigenvalue weighted by molar-refractivity contribution is -0.245. The minimum Gasteiger partial charge on any atom is -0.363 e. The van der Waals surface area contributed by atoms with Gasteiger partial charge in [-0.1, -0.05) is 13.6 Å². The largest absolute Gasteiger partial charge is 0.773 e. The summed E-state index contributed by atoms with van der Waals surface area (Å²) in [6, 6.07) is 0. The number of hydrogen-bond acceptors (Lipinski definition) is 4. The molecule has 50 valence electrons. The molecule has 0 spiro atoms. The molecule has 0 aliphatic rings. The minimum absolute atomic E-state index is 2.24. The molecule has 8 heteroatoms. The Morgan fingerprint density at radius 1 is 1.00 bits per heavy atom. The second-order valence-corrected chi connectivity index (χ2v) is 2.27. The maximum atomic E-state index is 10.6. The average molecular weight is 150 g/mol. The first kappa shape index (κ1) is 7.85. The van der Waals surface area contributed by atoms with Crippen molar-refractivity contribution in [2.24, 2.45) is 0 Å². The van der Waals surface area contributed by atoms with E-state index in [0.717, 1.165) is 0 Å². The molecule has 0 saturated heterocycles. The molecule has 0 amide bonds. The zero-order valence-electron chi connectivity index (χ0n) is 3.31. The van der Waals surface area contributed by atoms with E-state index in [1.54, 1.807) is 0 Å². The summed E-state index contributed by atoms with van der Waals surface area (Å²) in [4.78, 5) is 7.78. The molecule has 0 aliphatic carbocycles. The van der Waals surface area contributed by atoms with Crippen molar-refractivity contribution in [1.29, 1.82) is 0 Å². The normalized spacial score (nSPS) is 12.0. The van der Waals surface area contributed by atoms with Crippen molar-refractivity contribution in [1.82, 2.24) is 0 Å². The lowest BCUT2D eigenvalue weighted by Crippen LogP contribution is -2.39. The van der Waals surface area contributed by atoms with E-state index in [0.29, 0.717) is 0 Å². The maximum Gasteiger partial charge on any atom is 0.773 e. The van der Waals surface area contributed by atoms with E-state index < -0.39 is 9.05 Å². The Labute approximate surface area is 42.6 Å². The predicted octanol–water partition coefficient (Wildman–Crippen LogP) is 0.118. The van der Waals surface area contributed by atoms with Crippen molar-refractivity contribution in [2.45, 2.75) is 0 Å². The first-order chi connectivity index (χ1) is 3.68. The fraction of sp³-hybridized carbons (Fsp3) is 0. The fourth-order valence-electron chi connectivity index (χ4n) is 0.0357. The molecule has 0 rings (SSSR count). The van der Waals surface area contributed by atoms with Crippen LogP contribution >= 0.6 is 0 Å². The Kier molecular flexibility index (Phi) is 2.93. The summed E-state index contributed by atoms with van der Waals surface area (Å²) in [7, 11) is -5.17. The SMILES string of the molecule is O[Si](OF)(OF)OF. The molecule has 0 radical (unpaired) electrons. The van der Waals surface area contributed by atoms with E-state index in [9.17, 15) is 13.6 Å². The average Bonchev–Trinajstić information content (AvgIpc) is 1.87. The van der Waals surface area contributed by atoms with Gasteiger partial charge in [-0.25, -0.2) is 0 Å². The van der Waals surface area contributed by atoms with Crippen LogP contribution in [0.15, 0.2) is 0 Å². The van der Waals surface area contributed by atoms with Gasteiger partial charge in [-0.15, -0.1) is 13.9 Å². The smallest absolute Gasteiger partial charge is 0.363 e. The molecule has 0 fully saturated rings. The van der Waals surface area contributed by atoms with Gasteiger partial charge in [0.1, 0.15) is 0 Å². The standard InChI is InChI=1S/F3HO4Si/c1-5-8(4,6-2)7-3/h4H. The van der Waals surface area contributed by atoms with E-state index in [4.69, 9.17) is 4.80 Å². The van der Waals surface area contributed by atoms with Gasteiger partial charge >= 0.3 is 9.05 Å². The predicted molar refractivity (Wildman–Crippen MR) is 14.6 cm³/mol. The first-order valence-corrected chi connectivity index (χ1v) is 2.97. The lowest BCUT2D eigenvalue weighted by atomic mass is 15.4. The van der Waals surface area contributed by atoms with Crippen molar-refractivity contribution < 1.29 is 32.3 Å². The molecule has 8 heavy (non-hydrogen) atoms. The highest BCUT2D eigenvalue weighted by atomic mass is 28.4. The quantitative estimate of drug-likeness (QED) is 0.580. The zero-order chi connectivity index (χ0) is 6.62. The minimum atomic E-state index is -5.17. The Hall–Kier alpha value is -0.153. The summed E-state index contributed by atoms with van der Waals surface area (Å²) in [5.41, 5.74) is 0. The van der Waals surface area contributed by atoms with Crippen LogP contribution in [0.5, 0.6) is 0 Å². The molecule has 0 heterocycles. The summed E-state index contributed by atoms with van der Waals surface area (Å²) in [6.07, 6.45) is 0. The van der Waals surface area contributed by atoms with Crippen molar-refractivity contribution in [2.75, 3.05) is 0 Å². The van der Waals surface area contributed by atoms with Crippen LogP contribution in [0.3, 0.4) is 0 Å². The van der Waals surface area contributed by atoms with Crippen LogP contribution in [0.1, 0.15) is 0 Å². The van der Waals surface area contributed by atoms with Gasteiger partial charge in [0, 0.05) is 0 Å². The molecule has 0 unspecified atom stereocenters. The van der Waals surface area contributed by atoms with Crippen molar-refractivity contribution in [3.05, 3.63) is 0 Å². The van der Waals surface area contributed by atoms with E-state index in [1.807, 2.05) is 0 Å². The highest BCUT2D eigenvalue weighted by molar-refractivity contribution is 6.50. The summed E-state index contributed by atoms with van der Waals surface area (Å²) in [5, 5.41) is 0. The second kappa shape index (κ2) is 2.99. The summed E-state index contributed by atoms with van der Waals surface area (Å²) < 4.78 is 38.6. The van der Waals surface area contributed by atoms with Crippen molar-refractivity contribution in [3.8, 4) is 0 Å². The maximum absolute atomic E-state index is 10.6. The highest BCUT2D eigenvalue weighted by Gasteiger charge is 2.48. The Balaban J connectivity index is 3.58. The van der Waals surface area contributed by atoms with Crippen LogP contribution < -0.4 is 0 Å². The number of hydrogen-bond donors (Lipinski definition) is 1. The first-order valence-electron chi connectivity index (χ1n) is 1.30. The highest BCUT2D eigenvalue weighted by Crippen LogP contribution is 2.05. The molecule has 0 aromatic rings. The molecule has 0 atom stereocenters. The molecular formula is HF3O4Si. The topological polar surface area (TPSA) is 47.9 Å². The van der Waals surface area contributed by atoms with E-state index in [1.165, 1.54) is 0 Å². The molecule has 0 aromatic carbocycles. The second-order valence-electron chi connectivity index (χ2n) is 0.755. The summed E-state index contributed by atoms with van der Waals surface area (Å²) in [6.45, 7) is 0. The Morgan fingerprint density at radius 3 is 1.25 bits per heavy atom. The Morgan fingerprint density at radius 2 is 1.25 bits per heavy atom. The molecule has 0 bridgehead atoms. The van der Waals surface area contributed by atoms with Crippen LogP contribution in [0, 0.1) is 0 Å². The summed E-state index contributed by atoms with van der Waals surface area (Å²) >= 11 is 0. The monoisotopic (exact) mass is 150 g/mol. The van der Waals surface area contributed by atoms with Crippen LogP contribution in [0.2, 0.25) is 0 Å². The van der Waals surface area contributed by atoms with Gasteiger partial charge in [-0.05, 0) is 0 Å². The van der Waals surface area contributed by atoms with Crippen molar-refractivity contribution in [3.63, 3.8) is 0 Å². The molecule has 0 aliphatic heterocycles. The zero-order valence-corrected chi connectivity index (χ0v) is 4.31. The van der Waals surface area contributed by atoms with Crippen LogP contribution in [-0.2, 0) is 13.9 Å². The Bertz CT molecular complexity index is 54.0. The van der Waals surface area contributed by atoms with Gasteiger partial charge in [0.15, 0.2) is 0 Å². The molecular weight excluding hydrogens is 149 g/mol. The third-order valence-corrected chi connectivity index (χ3v) is 0.877. The molecule has 1 N–H and O–H groups in total. The van der Waals surface area contributed by atoms with Gasteiger partial charge in [-0.2, -0.15) is 0 Å². The van der Waals surface area contributed by atoms with Gasteiger partial charge in [-0.3, -0.25) is 0 Å². The van der Waals surface area contributed by atoms with E-state index in [-0.39, 0.29) is 0 Å². The van der Waals surface area contributed by atoms with Gasteiger partial charge < -0.3 is 4.80 Å². The summed E-state index contributed by atoms with van der Waals surface area (Å²) in [5.74, 6) is 0. The number of rotatable bonds is 3. The lowest BCUT2D eigenvalue weighted by Gasteiger charge is -2.02. The van der Waals surface area contributed by atoms with Crippen LogP contribution in [-0.4, -0.2) is 13.8 Å². The third-order valence-electron chi connectivity index (χ3n) is 0.292. The van der Waals surface area contributed by atoms with Crippen LogP contribution in [0.25, 0.3) is 0 Å². The molecule has 4 nitrogen and oxygen atoms in total. The molecule has 0 saturated carbocycles. The van der Waals surface area contributed by atoms with E-state index >= 15 is 0 Å². The fourth-order valence-corrected chi connectivity index (χ4v) is 0.107.